The lowest BCUT2D eigenvalue weighted by Gasteiger charge is -2.73. The molecule has 2 bridgehead atoms. The fourth-order valence-electron chi connectivity index (χ4n) is 14.1. The molecule has 0 unspecified atom stereocenters. The number of aliphatic hydroxyl groups excluding tert-OH is 7. The number of hydrogen-bond acceptors (Lipinski definition) is 13. The lowest BCUT2D eigenvalue weighted by Crippen LogP contribution is -2.72. The van der Waals surface area contributed by atoms with Gasteiger partial charge in [-0.3, -0.25) is 0 Å². The average molecular weight is 779 g/mol. The number of fused-ring (bicyclic) bond motifs is 4. The number of carbonyl (C=O) groups is 1. The van der Waals surface area contributed by atoms with Crippen LogP contribution in [0.2, 0.25) is 0 Å². The molecule has 0 aromatic rings. The summed E-state index contributed by atoms with van der Waals surface area (Å²) in [4.78, 5) is 13.5. The molecule has 8 rings (SSSR count). The molecule has 13 nitrogen and oxygen atoms in total. The van der Waals surface area contributed by atoms with Crippen LogP contribution in [0.15, 0.2) is 12.2 Å². The van der Waals surface area contributed by atoms with Crippen molar-refractivity contribution in [2.45, 2.75) is 179 Å². The third-order valence-corrected chi connectivity index (χ3v) is 17.8. The monoisotopic (exact) mass is 778 g/mol. The molecule has 7 fully saturated rings. The number of allylic oxidation sites excluding steroid dienone is 1. The first-order valence-corrected chi connectivity index (χ1v) is 20.8. The van der Waals surface area contributed by atoms with E-state index in [1.807, 2.05) is 6.92 Å². The van der Waals surface area contributed by atoms with E-state index in [0.29, 0.717) is 25.9 Å². The molecule has 7 N–H and O–H groups in total. The molecule has 13 heteroatoms. The van der Waals surface area contributed by atoms with Crippen LogP contribution in [0.25, 0.3) is 0 Å². The second-order valence-electron chi connectivity index (χ2n) is 20.8. The number of carbonyl (C=O) groups excluding carboxylic acids is 1. The van der Waals surface area contributed by atoms with Gasteiger partial charge in [0.05, 0.1) is 42.5 Å². The molecule has 8 aliphatic rings. The predicted molar refractivity (Wildman–Crippen MR) is 196 cm³/mol. The molecular weight excluding hydrogens is 712 g/mol. The first-order valence-electron chi connectivity index (χ1n) is 20.8. The smallest absolute Gasteiger partial charge is 0.187 e. The minimum absolute atomic E-state index is 0.0848. The Balaban J connectivity index is 1.09. The Bertz CT molecular complexity index is 1530. The third kappa shape index (κ3) is 5.37. The number of aliphatic hydroxyl groups is 7. The van der Waals surface area contributed by atoms with E-state index in [1.165, 1.54) is 6.92 Å². The molecule has 3 saturated heterocycles. The minimum Gasteiger partial charge on any atom is -0.394 e. The van der Waals surface area contributed by atoms with Crippen molar-refractivity contribution in [1.29, 1.82) is 0 Å². The highest BCUT2D eigenvalue weighted by Gasteiger charge is 2.79. The third-order valence-electron chi connectivity index (χ3n) is 17.8. The van der Waals surface area contributed by atoms with E-state index in [1.54, 1.807) is 0 Å². The van der Waals surface area contributed by atoms with Crippen LogP contribution in [0.4, 0.5) is 0 Å². The fraction of sp³-hybridized carbons (Fsp3) is 0.929. The van der Waals surface area contributed by atoms with Crippen LogP contribution in [0.1, 0.15) is 99.8 Å². The number of aldehydes is 1. The van der Waals surface area contributed by atoms with E-state index in [2.05, 4.69) is 46.8 Å². The van der Waals surface area contributed by atoms with Gasteiger partial charge in [0.1, 0.15) is 49.0 Å². The largest absolute Gasteiger partial charge is 0.394 e. The van der Waals surface area contributed by atoms with Crippen molar-refractivity contribution in [3.05, 3.63) is 12.2 Å². The summed E-state index contributed by atoms with van der Waals surface area (Å²) < 4.78 is 31.4. The van der Waals surface area contributed by atoms with Crippen molar-refractivity contribution in [2.24, 2.45) is 50.2 Å². The molecule has 1 spiro atoms. The van der Waals surface area contributed by atoms with Crippen molar-refractivity contribution in [1.82, 2.24) is 0 Å². The van der Waals surface area contributed by atoms with Gasteiger partial charge < -0.3 is 64.2 Å². The van der Waals surface area contributed by atoms with Crippen molar-refractivity contribution in [2.75, 3.05) is 13.2 Å². The van der Waals surface area contributed by atoms with Gasteiger partial charge in [-0.2, -0.15) is 0 Å². The van der Waals surface area contributed by atoms with Gasteiger partial charge in [0, 0.05) is 16.7 Å². The second kappa shape index (κ2) is 13.2. The zero-order valence-corrected chi connectivity index (χ0v) is 33.5. The number of hydrogen-bond donors (Lipinski definition) is 7. The Morgan fingerprint density at radius 1 is 0.782 bits per heavy atom. The van der Waals surface area contributed by atoms with E-state index >= 15 is 0 Å². The Labute approximate surface area is 324 Å². The normalized spacial score (nSPS) is 59.6. The molecule has 5 aliphatic carbocycles. The molecule has 4 saturated carbocycles. The van der Waals surface area contributed by atoms with Crippen molar-refractivity contribution < 1.29 is 64.2 Å². The summed E-state index contributed by atoms with van der Waals surface area (Å²) in [7, 11) is 0. The first-order chi connectivity index (χ1) is 25.7. The van der Waals surface area contributed by atoms with Gasteiger partial charge in [0.15, 0.2) is 12.6 Å². The molecule has 0 aromatic heterocycles. The van der Waals surface area contributed by atoms with Gasteiger partial charge in [-0.1, -0.05) is 53.7 Å². The van der Waals surface area contributed by atoms with Gasteiger partial charge >= 0.3 is 0 Å². The predicted octanol–water partition coefficient (Wildman–Crippen LogP) is 1.98. The van der Waals surface area contributed by atoms with Crippen LogP contribution in [0.5, 0.6) is 0 Å². The second-order valence-corrected chi connectivity index (χ2v) is 20.8. The average Bonchev–Trinajstić information content (AvgIpc) is 3.41. The quantitative estimate of drug-likeness (QED) is 0.117. The van der Waals surface area contributed by atoms with Crippen LogP contribution in [0.3, 0.4) is 0 Å². The van der Waals surface area contributed by atoms with E-state index in [-0.39, 0.29) is 44.8 Å². The first kappa shape index (κ1) is 40.7. The molecular formula is C42H66O13. The zero-order valence-electron chi connectivity index (χ0n) is 33.5. The maximum Gasteiger partial charge on any atom is 0.187 e. The Morgan fingerprint density at radius 3 is 2.20 bits per heavy atom. The fourth-order valence-corrected chi connectivity index (χ4v) is 14.1. The van der Waals surface area contributed by atoms with E-state index in [9.17, 15) is 40.5 Å². The topological polar surface area (TPSA) is 205 Å². The van der Waals surface area contributed by atoms with Gasteiger partial charge in [-0.05, 0) is 86.4 Å². The molecule has 0 radical (unpaired) electrons. The van der Waals surface area contributed by atoms with Crippen LogP contribution in [-0.4, -0.2) is 134 Å². The molecule has 21 atom stereocenters. The Hall–Kier alpha value is -1.07. The van der Waals surface area contributed by atoms with E-state index in [0.717, 1.165) is 38.4 Å². The number of rotatable bonds is 6. The van der Waals surface area contributed by atoms with Gasteiger partial charge in [-0.25, -0.2) is 0 Å². The van der Waals surface area contributed by atoms with Gasteiger partial charge in [0.25, 0.3) is 0 Å². The maximum atomic E-state index is 13.5. The molecule has 0 aromatic carbocycles. The molecule has 3 heterocycles. The summed E-state index contributed by atoms with van der Waals surface area (Å²) in [6.07, 6.45) is -3.34. The van der Waals surface area contributed by atoms with E-state index < -0.39 is 91.2 Å². The summed E-state index contributed by atoms with van der Waals surface area (Å²) in [5.41, 5.74) is -2.47. The molecule has 55 heavy (non-hydrogen) atoms. The van der Waals surface area contributed by atoms with Crippen molar-refractivity contribution in [3.63, 3.8) is 0 Å². The summed E-state index contributed by atoms with van der Waals surface area (Å²) in [5.74, 6) is 0.192. The summed E-state index contributed by atoms with van der Waals surface area (Å²) in [6.45, 7) is 15.2. The highest BCUT2D eigenvalue weighted by molar-refractivity contribution is 5.61. The minimum atomic E-state index is -1.69. The summed E-state index contributed by atoms with van der Waals surface area (Å²) in [6, 6.07) is 0. The molecule has 0 amide bonds. The zero-order chi connectivity index (χ0) is 39.9. The van der Waals surface area contributed by atoms with Crippen LogP contribution in [-0.2, 0) is 28.5 Å². The highest BCUT2D eigenvalue weighted by Crippen LogP contribution is 2.79. The van der Waals surface area contributed by atoms with E-state index in [4.69, 9.17) is 23.7 Å². The highest BCUT2D eigenvalue weighted by atomic mass is 16.8. The Morgan fingerprint density at radius 2 is 1.51 bits per heavy atom. The van der Waals surface area contributed by atoms with Crippen LogP contribution >= 0.6 is 0 Å². The standard InChI is InChI=1S/C42H66O13/c1-21-28(46)30(48)32(50)34(52-21)55-33-31(49)29(47)22(18-43)53-35(33)54-27-10-11-37(4)23(38(27,5)19-44)8-12-39(6)24(37)9-13-42-25-16-36(2,3)14-15-41(25,20-51-42)26(45)17-40(39,42)7/h9,13,19,21-35,43,45-50H,8,10-12,14-18,20H2,1-7H3/t21-,22-,23-,24-,25-,26+,27+,28+,29-,30+,31+,32-,33-,34+,35+,37+,38+,39-,40+,41-,42+/m1/s1. The maximum absolute atomic E-state index is 13.5. The molecule has 312 valence electrons. The number of ether oxygens (including phenoxy) is 5. The van der Waals surface area contributed by atoms with Crippen LogP contribution < -0.4 is 0 Å². The SMILES string of the molecule is C[C@H]1O[C@@H](O[C@H]2[C@H](O[C@H]3CC[C@]4(C)[C@H]5C=C[C@]67OC[C@@]8(CCC(C)(C)C[C@H]86)[C@@H](O)C[C@@]7(C)[C@]5(C)CC[C@H]4[C@]3(C)C=O)O[C@H](CO)[C@@H](O)[C@@H]2O)[C@H](O)[C@@H](O)[C@H]1O. The van der Waals surface area contributed by atoms with Crippen molar-refractivity contribution >= 4 is 6.29 Å². The lowest BCUT2D eigenvalue weighted by molar-refractivity contribution is -0.375. The molecule has 3 aliphatic heterocycles. The lowest BCUT2D eigenvalue weighted by atomic mass is 9.32. The summed E-state index contributed by atoms with van der Waals surface area (Å²) >= 11 is 0. The van der Waals surface area contributed by atoms with Crippen LogP contribution in [0, 0.1) is 50.2 Å². The van der Waals surface area contributed by atoms with Crippen molar-refractivity contribution in [3.8, 4) is 0 Å². The Kier molecular flexibility index (Phi) is 9.78. The van der Waals surface area contributed by atoms with Gasteiger partial charge in [-0.15, -0.1) is 0 Å². The summed E-state index contributed by atoms with van der Waals surface area (Å²) in [5, 5.41) is 75.7. The van der Waals surface area contributed by atoms with Gasteiger partial charge in [0.2, 0.25) is 0 Å².